The van der Waals surface area contributed by atoms with Crippen LogP contribution in [0.25, 0.3) is 0 Å². The normalized spacial score (nSPS) is 10.1. The summed E-state index contributed by atoms with van der Waals surface area (Å²) in [5.74, 6) is -3.51. The Kier molecular flexibility index (Phi) is 5.19. The number of carboxylic acid groups (broad SMARTS) is 1. The van der Waals surface area contributed by atoms with E-state index in [9.17, 15) is 18.4 Å². The van der Waals surface area contributed by atoms with Crippen LogP contribution in [0, 0.1) is 11.6 Å². The molecule has 0 heterocycles. The second-order valence-corrected chi connectivity index (χ2v) is 3.52. The summed E-state index contributed by atoms with van der Waals surface area (Å²) in [5, 5.41) is 13.1. The van der Waals surface area contributed by atoms with Gasteiger partial charge in [0.2, 0.25) is 5.91 Å². The predicted molar refractivity (Wildman–Crippen MR) is 58.7 cm³/mol. The summed E-state index contributed by atoms with van der Waals surface area (Å²) in [6.45, 7) is -0.379. The molecule has 3 N–H and O–H groups in total. The van der Waals surface area contributed by atoms with Crippen molar-refractivity contribution in [2.45, 2.75) is 6.54 Å². The molecule has 1 aromatic rings. The summed E-state index contributed by atoms with van der Waals surface area (Å²) in [5.41, 5.74) is 0.486. The molecule has 0 fully saturated rings. The van der Waals surface area contributed by atoms with Gasteiger partial charge < -0.3 is 15.7 Å². The summed E-state index contributed by atoms with van der Waals surface area (Å²) in [7, 11) is 0. The number of rotatable bonds is 6. The zero-order valence-corrected chi connectivity index (χ0v) is 9.37. The molecule has 0 spiro atoms. The maximum Gasteiger partial charge on any atom is 0.322 e. The maximum absolute atomic E-state index is 12.8. The molecule has 1 aromatic carbocycles. The third kappa shape index (κ3) is 4.88. The van der Waals surface area contributed by atoms with E-state index in [-0.39, 0.29) is 13.1 Å². The fourth-order valence-electron chi connectivity index (χ4n) is 1.21. The monoisotopic (exact) mass is 258 g/mol. The van der Waals surface area contributed by atoms with E-state index in [1.54, 1.807) is 0 Å². The zero-order chi connectivity index (χ0) is 13.5. The molecule has 0 radical (unpaired) electrons. The Bertz CT molecular complexity index is 452. The Morgan fingerprint density at radius 3 is 2.50 bits per heavy atom. The first kappa shape index (κ1) is 14.0. The van der Waals surface area contributed by atoms with Crippen molar-refractivity contribution in [3.05, 3.63) is 35.4 Å². The molecule has 0 saturated carbocycles. The maximum atomic E-state index is 12.8. The van der Waals surface area contributed by atoms with Gasteiger partial charge in [-0.2, -0.15) is 0 Å². The number of nitrogens with one attached hydrogen (secondary N) is 2. The molecule has 0 unspecified atom stereocenters. The SMILES string of the molecule is O=C(O)CNC(=O)CNCc1ccc(F)c(F)c1. The van der Waals surface area contributed by atoms with Gasteiger partial charge in [0, 0.05) is 6.54 Å². The van der Waals surface area contributed by atoms with Crippen LogP contribution in [0.3, 0.4) is 0 Å². The number of benzene rings is 1. The van der Waals surface area contributed by atoms with Crippen LogP contribution in [-0.2, 0) is 16.1 Å². The first-order chi connectivity index (χ1) is 8.49. The lowest BCUT2D eigenvalue weighted by atomic mass is 10.2. The number of hydrogen-bond acceptors (Lipinski definition) is 3. The van der Waals surface area contributed by atoms with Crippen LogP contribution in [0.2, 0.25) is 0 Å². The van der Waals surface area contributed by atoms with Gasteiger partial charge in [0.1, 0.15) is 6.54 Å². The molecule has 1 rings (SSSR count). The van der Waals surface area contributed by atoms with Crippen molar-refractivity contribution in [1.29, 1.82) is 0 Å². The summed E-state index contributed by atoms with van der Waals surface area (Å²) in [6, 6.07) is 3.41. The molecule has 0 atom stereocenters. The van der Waals surface area contributed by atoms with Crippen molar-refractivity contribution in [2.75, 3.05) is 13.1 Å². The second-order valence-electron chi connectivity index (χ2n) is 3.52. The van der Waals surface area contributed by atoms with Crippen molar-refractivity contribution in [1.82, 2.24) is 10.6 Å². The average Bonchev–Trinajstić information content (AvgIpc) is 2.31. The van der Waals surface area contributed by atoms with E-state index in [0.717, 1.165) is 12.1 Å². The molecular weight excluding hydrogens is 246 g/mol. The summed E-state index contributed by atoms with van der Waals surface area (Å²) >= 11 is 0. The van der Waals surface area contributed by atoms with Crippen LogP contribution >= 0.6 is 0 Å². The topological polar surface area (TPSA) is 78.4 Å². The predicted octanol–water partition coefficient (Wildman–Crippen LogP) is 0.255. The van der Waals surface area contributed by atoms with Crippen LogP contribution in [-0.4, -0.2) is 30.1 Å². The molecule has 1 amide bonds. The molecule has 0 aliphatic heterocycles. The fraction of sp³-hybridized carbons (Fsp3) is 0.273. The highest BCUT2D eigenvalue weighted by molar-refractivity contribution is 5.82. The van der Waals surface area contributed by atoms with Crippen LogP contribution in [0.5, 0.6) is 0 Å². The van der Waals surface area contributed by atoms with Gasteiger partial charge in [-0.1, -0.05) is 6.07 Å². The van der Waals surface area contributed by atoms with Gasteiger partial charge in [-0.05, 0) is 17.7 Å². The van der Waals surface area contributed by atoms with Gasteiger partial charge in [-0.25, -0.2) is 8.78 Å². The summed E-state index contributed by atoms with van der Waals surface area (Å²) < 4.78 is 25.4. The van der Waals surface area contributed by atoms with E-state index >= 15 is 0 Å². The van der Waals surface area contributed by atoms with E-state index < -0.39 is 30.1 Å². The molecule has 0 aliphatic rings. The van der Waals surface area contributed by atoms with E-state index in [4.69, 9.17) is 5.11 Å². The number of hydrogen-bond donors (Lipinski definition) is 3. The molecular formula is C11H12F2N2O3. The van der Waals surface area contributed by atoms with Crippen LogP contribution in [0.4, 0.5) is 8.78 Å². The van der Waals surface area contributed by atoms with Gasteiger partial charge in [0.05, 0.1) is 6.54 Å². The number of aliphatic carboxylic acids is 1. The van der Waals surface area contributed by atoms with Gasteiger partial charge in [0.15, 0.2) is 11.6 Å². The quantitative estimate of drug-likeness (QED) is 0.683. The number of halogens is 2. The summed E-state index contributed by atoms with van der Waals surface area (Å²) in [6.07, 6.45) is 0. The van der Waals surface area contributed by atoms with Crippen molar-refractivity contribution in [3.63, 3.8) is 0 Å². The number of amides is 1. The highest BCUT2D eigenvalue weighted by atomic mass is 19.2. The van der Waals surface area contributed by atoms with E-state index in [2.05, 4.69) is 10.6 Å². The van der Waals surface area contributed by atoms with Gasteiger partial charge >= 0.3 is 5.97 Å². The van der Waals surface area contributed by atoms with Crippen LogP contribution in [0.1, 0.15) is 5.56 Å². The molecule has 0 saturated heterocycles. The van der Waals surface area contributed by atoms with Crippen molar-refractivity contribution < 1.29 is 23.5 Å². The van der Waals surface area contributed by atoms with E-state index in [1.165, 1.54) is 6.07 Å². The molecule has 7 heteroatoms. The zero-order valence-electron chi connectivity index (χ0n) is 9.37. The van der Waals surface area contributed by atoms with Gasteiger partial charge in [-0.15, -0.1) is 0 Å². The Hall–Kier alpha value is -2.02. The fourth-order valence-corrected chi connectivity index (χ4v) is 1.21. The number of carbonyl (C=O) groups is 2. The second kappa shape index (κ2) is 6.65. The Morgan fingerprint density at radius 2 is 1.89 bits per heavy atom. The third-order valence-electron chi connectivity index (χ3n) is 2.04. The smallest absolute Gasteiger partial charge is 0.322 e. The highest BCUT2D eigenvalue weighted by Crippen LogP contribution is 2.07. The molecule has 5 nitrogen and oxygen atoms in total. The lowest BCUT2D eigenvalue weighted by molar-refractivity contribution is -0.137. The van der Waals surface area contributed by atoms with Crippen LogP contribution in [0.15, 0.2) is 18.2 Å². The van der Waals surface area contributed by atoms with Gasteiger partial charge in [-0.3, -0.25) is 9.59 Å². The van der Waals surface area contributed by atoms with Crippen molar-refractivity contribution >= 4 is 11.9 Å². The molecule has 0 bridgehead atoms. The van der Waals surface area contributed by atoms with Crippen LogP contribution < -0.4 is 10.6 Å². The summed E-state index contributed by atoms with van der Waals surface area (Å²) in [4.78, 5) is 21.2. The molecule has 0 aliphatic carbocycles. The Morgan fingerprint density at radius 1 is 1.17 bits per heavy atom. The minimum atomic E-state index is -1.14. The Balaban J connectivity index is 2.30. The molecule has 18 heavy (non-hydrogen) atoms. The minimum absolute atomic E-state index is 0.105. The molecule has 98 valence electrons. The van der Waals surface area contributed by atoms with Gasteiger partial charge in [0.25, 0.3) is 0 Å². The Labute approximate surface area is 102 Å². The molecule has 0 aromatic heterocycles. The first-order valence-corrected chi connectivity index (χ1v) is 5.12. The largest absolute Gasteiger partial charge is 0.480 e. The average molecular weight is 258 g/mol. The first-order valence-electron chi connectivity index (χ1n) is 5.12. The lowest BCUT2D eigenvalue weighted by Crippen LogP contribution is -2.36. The number of carboxylic acids is 1. The standard InChI is InChI=1S/C11H12F2N2O3/c12-8-2-1-7(3-9(8)13)4-14-5-10(16)15-6-11(17)18/h1-3,14H,4-6H2,(H,15,16)(H,17,18). The lowest BCUT2D eigenvalue weighted by Gasteiger charge is -2.05. The van der Waals surface area contributed by atoms with E-state index in [0.29, 0.717) is 5.56 Å². The third-order valence-corrected chi connectivity index (χ3v) is 2.04. The van der Waals surface area contributed by atoms with Crippen molar-refractivity contribution in [2.24, 2.45) is 0 Å². The van der Waals surface area contributed by atoms with Crippen molar-refractivity contribution in [3.8, 4) is 0 Å². The number of carbonyl (C=O) groups excluding carboxylic acids is 1. The van der Waals surface area contributed by atoms with E-state index in [1.807, 2.05) is 0 Å². The minimum Gasteiger partial charge on any atom is -0.480 e. The highest BCUT2D eigenvalue weighted by Gasteiger charge is 2.05.